The van der Waals surface area contributed by atoms with Gasteiger partial charge in [0.05, 0.1) is 13.0 Å². The molecule has 56 valence electrons. The van der Waals surface area contributed by atoms with Gasteiger partial charge in [-0.15, -0.1) is 0 Å². The zero-order valence-corrected chi connectivity index (χ0v) is 7.10. The quantitative estimate of drug-likeness (QED) is 0.565. The number of aryl methyl sites for hydroxylation is 2. The maximum atomic E-state index is 3.31. The number of nitrogens with zero attached hydrogens (tertiary/aromatic N) is 1. The lowest BCUT2D eigenvalue weighted by Crippen LogP contribution is -2.31. The van der Waals surface area contributed by atoms with E-state index in [1.54, 1.807) is 0 Å². The van der Waals surface area contributed by atoms with Gasteiger partial charge < -0.3 is 0 Å². The second-order valence-corrected chi connectivity index (χ2v) is 3.09. The second kappa shape index (κ2) is 2.45. The Morgan fingerprint density at radius 1 is 1.50 bits per heavy atom. The minimum Gasteiger partial charge on any atom is -0.245 e. The third-order valence-corrected chi connectivity index (χ3v) is 1.64. The van der Waals surface area contributed by atoms with Crippen LogP contribution in [-0.2, 0) is 7.05 Å². The molecule has 0 bridgehead atoms. The van der Waals surface area contributed by atoms with Crippen LogP contribution >= 0.6 is 0 Å². The highest BCUT2D eigenvalue weighted by atomic mass is 15.0. The number of aromatic nitrogens is 2. The molecule has 1 N–H and O–H groups in total. The van der Waals surface area contributed by atoms with Gasteiger partial charge in [0.1, 0.15) is 11.9 Å². The molecule has 1 aromatic heterocycles. The molecule has 0 saturated heterocycles. The highest BCUT2D eigenvalue weighted by Crippen LogP contribution is 2.06. The Kier molecular flexibility index (Phi) is 1.79. The number of nitrogens with one attached hydrogen (secondary N) is 1. The Balaban J connectivity index is 3.03. The summed E-state index contributed by atoms with van der Waals surface area (Å²) in [7, 11) is 2.07. The van der Waals surface area contributed by atoms with Gasteiger partial charge in [-0.3, -0.25) is 0 Å². The van der Waals surface area contributed by atoms with Gasteiger partial charge >= 0.3 is 0 Å². The number of rotatable bonds is 1. The van der Waals surface area contributed by atoms with E-state index >= 15 is 0 Å². The molecule has 0 aromatic carbocycles. The Morgan fingerprint density at radius 3 is 2.30 bits per heavy atom. The second-order valence-electron chi connectivity index (χ2n) is 3.09. The molecule has 0 saturated carbocycles. The fourth-order valence-electron chi connectivity index (χ4n) is 1.23. The summed E-state index contributed by atoms with van der Waals surface area (Å²) in [6.45, 7) is 6.45. The third kappa shape index (κ3) is 1.20. The van der Waals surface area contributed by atoms with E-state index in [1.165, 1.54) is 11.5 Å². The van der Waals surface area contributed by atoms with Crippen LogP contribution in [0, 0.1) is 6.92 Å². The van der Waals surface area contributed by atoms with E-state index in [9.17, 15) is 0 Å². The molecule has 0 fully saturated rings. The van der Waals surface area contributed by atoms with E-state index in [0.717, 1.165) is 0 Å². The van der Waals surface area contributed by atoms with Crippen LogP contribution in [0.1, 0.15) is 31.3 Å². The molecule has 0 unspecified atom stereocenters. The van der Waals surface area contributed by atoms with Gasteiger partial charge in [-0.1, -0.05) is 13.8 Å². The summed E-state index contributed by atoms with van der Waals surface area (Å²) >= 11 is 0. The number of hydrogen-bond donors (Lipinski definition) is 1. The summed E-state index contributed by atoms with van der Waals surface area (Å²) in [5.74, 6) is 1.87. The Hall–Kier alpha value is -0.790. The van der Waals surface area contributed by atoms with Crippen molar-refractivity contribution < 1.29 is 4.57 Å². The highest BCUT2D eigenvalue weighted by Gasteiger charge is 2.12. The molecule has 10 heavy (non-hydrogen) atoms. The van der Waals surface area contributed by atoms with E-state index in [0.29, 0.717) is 5.92 Å². The molecule has 0 amide bonds. The number of aromatic amines is 1. The molecule has 1 heterocycles. The fourth-order valence-corrected chi connectivity index (χ4v) is 1.23. The molecule has 0 radical (unpaired) electrons. The maximum absolute atomic E-state index is 3.31. The van der Waals surface area contributed by atoms with Crippen LogP contribution in [0.5, 0.6) is 0 Å². The minimum absolute atomic E-state index is 0.582. The van der Waals surface area contributed by atoms with Crippen molar-refractivity contribution in [2.24, 2.45) is 7.05 Å². The molecule has 0 aliphatic carbocycles. The lowest BCUT2D eigenvalue weighted by Gasteiger charge is -1.95. The first kappa shape index (κ1) is 7.32. The standard InChI is InChI=1S/C8H14N2/c1-6(2)8-9-7(3)5-10(8)4/h5-6H,1-4H3/p+1. The molecule has 1 rings (SSSR count). The molecule has 0 aliphatic heterocycles. The van der Waals surface area contributed by atoms with Gasteiger partial charge in [-0.05, 0) is 0 Å². The van der Waals surface area contributed by atoms with Crippen LogP contribution in [0.25, 0.3) is 0 Å². The van der Waals surface area contributed by atoms with Crippen molar-refractivity contribution in [3.8, 4) is 0 Å². The number of imidazole rings is 1. The van der Waals surface area contributed by atoms with Crippen molar-refractivity contribution in [3.63, 3.8) is 0 Å². The van der Waals surface area contributed by atoms with Gasteiger partial charge in [0.15, 0.2) is 0 Å². The van der Waals surface area contributed by atoms with E-state index in [4.69, 9.17) is 0 Å². The predicted molar refractivity (Wildman–Crippen MR) is 40.8 cm³/mol. The zero-order chi connectivity index (χ0) is 7.72. The molecular weight excluding hydrogens is 124 g/mol. The lowest BCUT2D eigenvalue weighted by molar-refractivity contribution is -0.679. The molecule has 2 nitrogen and oxygen atoms in total. The van der Waals surface area contributed by atoms with Gasteiger partial charge in [0.2, 0.25) is 0 Å². The number of hydrogen-bond acceptors (Lipinski definition) is 0. The van der Waals surface area contributed by atoms with E-state index < -0.39 is 0 Å². The Bertz CT molecular complexity index is 223. The lowest BCUT2D eigenvalue weighted by atomic mass is 10.2. The average Bonchev–Trinajstić information content (AvgIpc) is 2.10. The van der Waals surface area contributed by atoms with Crippen molar-refractivity contribution in [1.82, 2.24) is 4.98 Å². The van der Waals surface area contributed by atoms with Crippen molar-refractivity contribution in [3.05, 3.63) is 17.7 Å². The summed E-state index contributed by atoms with van der Waals surface area (Å²) in [6.07, 6.45) is 2.11. The van der Waals surface area contributed by atoms with Gasteiger partial charge in [-0.2, -0.15) is 0 Å². The van der Waals surface area contributed by atoms with Crippen LogP contribution in [0.2, 0.25) is 0 Å². The summed E-state index contributed by atoms with van der Waals surface area (Å²) in [5, 5.41) is 0. The third-order valence-electron chi connectivity index (χ3n) is 1.64. The van der Waals surface area contributed by atoms with Crippen molar-refractivity contribution in [2.45, 2.75) is 26.7 Å². The van der Waals surface area contributed by atoms with Crippen LogP contribution in [0.4, 0.5) is 0 Å². The summed E-state index contributed by atoms with van der Waals surface area (Å²) in [5.41, 5.74) is 1.23. The van der Waals surface area contributed by atoms with Gasteiger partial charge in [0.25, 0.3) is 5.82 Å². The first-order valence-electron chi connectivity index (χ1n) is 3.66. The maximum Gasteiger partial charge on any atom is 0.256 e. The monoisotopic (exact) mass is 139 g/mol. The van der Waals surface area contributed by atoms with Gasteiger partial charge in [0, 0.05) is 6.92 Å². The Morgan fingerprint density at radius 2 is 2.10 bits per heavy atom. The van der Waals surface area contributed by atoms with Crippen molar-refractivity contribution in [1.29, 1.82) is 0 Å². The SMILES string of the molecule is Cc1c[n+](C)c(C(C)C)[nH]1. The van der Waals surface area contributed by atoms with Crippen molar-refractivity contribution >= 4 is 0 Å². The molecule has 0 aliphatic rings. The highest BCUT2D eigenvalue weighted by molar-refractivity contribution is 4.93. The number of H-pyrrole nitrogens is 1. The Labute approximate surface area is 61.9 Å². The first-order valence-corrected chi connectivity index (χ1v) is 3.66. The van der Waals surface area contributed by atoms with Crippen LogP contribution in [0.15, 0.2) is 6.20 Å². The molecule has 2 heteroatoms. The van der Waals surface area contributed by atoms with E-state index in [2.05, 4.69) is 43.6 Å². The van der Waals surface area contributed by atoms with Crippen LogP contribution < -0.4 is 4.57 Å². The smallest absolute Gasteiger partial charge is 0.245 e. The zero-order valence-electron chi connectivity index (χ0n) is 7.10. The van der Waals surface area contributed by atoms with E-state index in [-0.39, 0.29) is 0 Å². The fraction of sp³-hybridized carbons (Fsp3) is 0.625. The molecular formula is C8H15N2+. The predicted octanol–water partition coefficient (Wildman–Crippen LogP) is 1.27. The topological polar surface area (TPSA) is 19.7 Å². The normalized spacial score (nSPS) is 10.9. The summed E-state index contributed by atoms with van der Waals surface area (Å²) < 4.78 is 2.14. The largest absolute Gasteiger partial charge is 0.256 e. The summed E-state index contributed by atoms with van der Waals surface area (Å²) in [4.78, 5) is 3.31. The van der Waals surface area contributed by atoms with Crippen LogP contribution in [0.3, 0.4) is 0 Å². The van der Waals surface area contributed by atoms with E-state index in [1.807, 2.05) is 0 Å². The minimum atomic E-state index is 0.582. The molecule has 0 atom stereocenters. The van der Waals surface area contributed by atoms with Crippen LogP contribution in [-0.4, -0.2) is 4.98 Å². The summed E-state index contributed by atoms with van der Waals surface area (Å²) in [6, 6.07) is 0. The van der Waals surface area contributed by atoms with Gasteiger partial charge in [-0.25, -0.2) is 9.55 Å². The first-order chi connectivity index (χ1) is 4.61. The molecule has 0 spiro atoms. The average molecular weight is 139 g/mol. The molecule has 1 aromatic rings. The van der Waals surface area contributed by atoms with Crippen molar-refractivity contribution in [2.75, 3.05) is 0 Å².